The van der Waals surface area contributed by atoms with Crippen LogP contribution in [0.25, 0.3) is 22.3 Å². The lowest BCUT2D eigenvalue weighted by molar-refractivity contribution is -0.134. The lowest BCUT2D eigenvalue weighted by Crippen LogP contribution is -2.07. The van der Waals surface area contributed by atoms with E-state index in [0.29, 0.717) is 5.56 Å². The van der Waals surface area contributed by atoms with Crippen LogP contribution in [0.1, 0.15) is 20.8 Å². The Bertz CT molecular complexity index is 1240. The highest BCUT2D eigenvalue weighted by Gasteiger charge is 2.16. The first-order valence-corrected chi connectivity index (χ1v) is 8.64. The van der Waals surface area contributed by atoms with Crippen LogP contribution in [0.5, 0.6) is 23.0 Å². The molecule has 1 N–H and O–H groups in total. The Balaban J connectivity index is 2.15. The quantitative estimate of drug-likeness (QED) is 0.508. The van der Waals surface area contributed by atoms with Crippen LogP contribution >= 0.6 is 0 Å². The zero-order chi connectivity index (χ0) is 22.0. The molecule has 2 aromatic carbocycles. The molecule has 0 amide bonds. The van der Waals surface area contributed by atoms with Crippen LogP contribution in [0, 0.1) is 0 Å². The van der Waals surface area contributed by atoms with Crippen LogP contribution < -0.4 is 19.6 Å². The third-order valence-corrected chi connectivity index (χ3v) is 3.78. The summed E-state index contributed by atoms with van der Waals surface area (Å²) in [5, 5.41) is 10.0. The first-order valence-electron chi connectivity index (χ1n) is 8.64. The van der Waals surface area contributed by atoms with Gasteiger partial charge in [0.25, 0.3) is 0 Å². The van der Waals surface area contributed by atoms with Gasteiger partial charge < -0.3 is 23.7 Å². The third-order valence-electron chi connectivity index (χ3n) is 3.78. The Morgan fingerprint density at radius 2 is 1.47 bits per heavy atom. The van der Waals surface area contributed by atoms with E-state index in [1.54, 1.807) is 0 Å². The molecule has 0 unspecified atom stereocenters. The van der Waals surface area contributed by atoms with Crippen molar-refractivity contribution in [1.29, 1.82) is 0 Å². The summed E-state index contributed by atoms with van der Waals surface area (Å²) in [7, 11) is 0. The van der Waals surface area contributed by atoms with E-state index >= 15 is 0 Å². The molecular weight excluding hydrogens is 396 g/mol. The van der Waals surface area contributed by atoms with Gasteiger partial charge in [0.15, 0.2) is 16.9 Å². The number of hydrogen-bond donors (Lipinski definition) is 1. The zero-order valence-corrected chi connectivity index (χ0v) is 16.2. The van der Waals surface area contributed by atoms with E-state index in [1.165, 1.54) is 45.0 Å². The van der Waals surface area contributed by atoms with E-state index in [4.69, 9.17) is 18.6 Å². The van der Waals surface area contributed by atoms with Crippen LogP contribution in [0.15, 0.2) is 45.6 Å². The topological polar surface area (TPSA) is 129 Å². The van der Waals surface area contributed by atoms with Crippen molar-refractivity contribution in [2.75, 3.05) is 0 Å². The summed E-state index contributed by atoms with van der Waals surface area (Å²) in [4.78, 5) is 46.3. The van der Waals surface area contributed by atoms with Crippen molar-refractivity contribution in [2.45, 2.75) is 20.8 Å². The van der Waals surface area contributed by atoms with E-state index in [-0.39, 0.29) is 34.0 Å². The zero-order valence-electron chi connectivity index (χ0n) is 16.2. The third kappa shape index (κ3) is 4.46. The van der Waals surface area contributed by atoms with Crippen LogP contribution in [0.4, 0.5) is 0 Å². The Hall–Kier alpha value is -4.14. The van der Waals surface area contributed by atoms with E-state index in [9.17, 15) is 24.3 Å². The number of benzene rings is 2. The maximum Gasteiger partial charge on any atom is 0.308 e. The second kappa shape index (κ2) is 8.08. The van der Waals surface area contributed by atoms with Gasteiger partial charge in [0.1, 0.15) is 28.2 Å². The molecule has 1 heterocycles. The van der Waals surface area contributed by atoms with Crippen LogP contribution in [-0.4, -0.2) is 23.0 Å². The second-order valence-electron chi connectivity index (χ2n) is 6.23. The van der Waals surface area contributed by atoms with E-state index < -0.39 is 29.1 Å². The van der Waals surface area contributed by atoms with Crippen molar-refractivity contribution in [3.8, 4) is 34.3 Å². The van der Waals surface area contributed by atoms with Gasteiger partial charge in [-0.3, -0.25) is 19.2 Å². The molecule has 3 aromatic rings. The Labute approximate surface area is 169 Å². The van der Waals surface area contributed by atoms with Crippen molar-refractivity contribution in [2.24, 2.45) is 0 Å². The first kappa shape index (κ1) is 20.6. The molecule has 0 aliphatic carbocycles. The summed E-state index contributed by atoms with van der Waals surface area (Å²) < 4.78 is 20.7. The molecule has 0 aliphatic heterocycles. The molecule has 0 bridgehead atoms. The van der Waals surface area contributed by atoms with Gasteiger partial charge in [-0.05, 0) is 18.2 Å². The van der Waals surface area contributed by atoms with E-state index in [0.717, 1.165) is 12.1 Å². The highest BCUT2D eigenvalue weighted by atomic mass is 16.6. The standard InChI is InChI=1S/C21H16O9/c1-10(22)27-14-7-15(25)21-16(26)9-18(30-20(21)8-14)13-4-5-17(28-11(2)23)19(6-13)29-12(3)24/h4-9,25H,1-3H3. The van der Waals surface area contributed by atoms with Crippen molar-refractivity contribution in [3.05, 3.63) is 46.6 Å². The van der Waals surface area contributed by atoms with Crippen molar-refractivity contribution in [3.63, 3.8) is 0 Å². The molecule has 154 valence electrons. The number of rotatable bonds is 4. The fraction of sp³-hybridized carbons (Fsp3) is 0.143. The van der Waals surface area contributed by atoms with E-state index in [2.05, 4.69) is 0 Å². The summed E-state index contributed by atoms with van der Waals surface area (Å²) in [5.41, 5.74) is -0.235. The minimum atomic E-state index is -0.642. The summed E-state index contributed by atoms with van der Waals surface area (Å²) >= 11 is 0. The van der Waals surface area contributed by atoms with Gasteiger partial charge in [-0.2, -0.15) is 0 Å². The van der Waals surface area contributed by atoms with E-state index in [1.807, 2.05) is 0 Å². The number of ether oxygens (including phenoxy) is 3. The number of aromatic hydroxyl groups is 1. The molecule has 0 saturated heterocycles. The van der Waals surface area contributed by atoms with Gasteiger partial charge in [0.2, 0.25) is 0 Å². The number of fused-ring (bicyclic) bond motifs is 1. The Kier molecular flexibility index (Phi) is 5.54. The number of hydrogen-bond acceptors (Lipinski definition) is 9. The fourth-order valence-corrected chi connectivity index (χ4v) is 2.75. The largest absolute Gasteiger partial charge is 0.507 e. The Morgan fingerprint density at radius 3 is 2.10 bits per heavy atom. The predicted molar refractivity (Wildman–Crippen MR) is 104 cm³/mol. The molecule has 0 atom stereocenters. The molecule has 0 aliphatic rings. The average molecular weight is 412 g/mol. The van der Waals surface area contributed by atoms with Gasteiger partial charge in [0, 0.05) is 44.5 Å². The summed E-state index contributed by atoms with van der Waals surface area (Å²) in [5.74, 6) is -2.23. The molecule has 3 rings (SSSR count). The summed E-state index contributed by atoms with van der Waals surface area (Å²) in [6.45, 7) is 3.57. The van der Waals surface area contributed by atoms with Gasteiger partial charge in [-0.1, -0.05) is 0 Å². The number of phenols is 1. The minimum absolute atomic E-state index is 0.00129. The summed E-state index contributed by atoms with van der Waals surface area (Å²) in [6.07, 6.45) is 0. The monoisotopic (exact) mass is 412 g/mol. The van der Waals surface area contributed by atoms with Crippen LogP contribution in [0.3, 0.4) is 0 Å². The highest BCUT2D eigenvalue weighted by Crippen LogP contribution is 2.35. The van der Waals surface area contributed by atoms with Crippen molar-refractivity contribution < 1.29 is 38.1 Å². The molecule has 30 heavy (non-hydrogen) atoms. The molecule has 0 saturated carbocycles. The van der Waals surface area contributed by atoms with Crippen molar-refractivity contribution in [1.82, 2.24) is 0 Å². The Morgan fingerprint density at radius 1 is 0.833 bits per heavy atom. The molecule has 9 nitrogen and oxygen atoms in total. The SMILES string of the molecule is CC(=O)Oc1cc(O)c2c(=O)cc(-c3ccc(OC(C)=O)c(OC(C)=O)c3)oc2c1. The molecule has 0 spiro atoms. The molecule has 1 aromatic heterocycles. The number of carbonyl (C=O) groups excluding carboxylic acids is 3. The maximum absolute atomic E-state index is 12.5. The lowest BCUT2D eigenvalue weighted by atomic mass is 10.1. The van der Waals surface area contributed by atoms with Gasteiger partial charge in [0.05, 0.1) is 0 Å². The normalized spacial score (nSPS) is 10.5. The number of phenolic OH excluding ortho intramolecular Hbond substituents is 1. The molecular formula is C21H16O9. The van der Waals surface area contributed by atoms with Gasteiger partial charge >= 0.3 is 17.9 Å². The minimum Gasteiger partial charge on any atom is -0.507 e. The highest BCUT2D eigenvalue weighted by molar-refractivity contribution is 5.87. The summed E-state index contributed by atoms with van der Waals surface area (Å²) in [6, 6.07) is 7.80. The first-order chi connectivity index (χ1) is 14.1. The van der Waals surface area contributed by atoms with Crippen molar-refractivity contribution >= 4 is 28.9 Å². The second-order valence-corrected chi connectivity index (χ2v) is 6.23. The number of carbonyl (C=O) groups is 3. The predicted octanol–water partition coefficient (Wildman–Crippen LogP) is 2.94. The molecule has 0 radical (unpaired) electrons. The van der Waals surface area contributed by atoms with Crippen LogP contribution in [0.2, 0.25) is 0 Å². The smallest absolute Gasteiger partial charge is 0.308 e. The van der Waals surface area contributed by atoms with Gasteiger partial charge in [-0.15, -0.1) is 0 Å². The number of esters is 3. The lowest BCUT2D eigenvalue weighted by Gasteiger charge is -2.11. The van der Waals surface area contributed by atoms with Crippen LogP contribution in [-0.2, 0) is 14.4 Å². The molecule has 9 heteroatoms. The fourth-order valence-electron chi connectivity index (χ4n) is 2.75. The van der Waals surface area contributed by atoms with Gasteiger partial charge in [-0.25, -0.2) is 0 Å². The maximum atomic E-state index is 12.5. The average Bonchev–Trinajstić information content (AvgIpc) is 2.61. The molecule has 0 fully saturated rings.